The third-order valence-electron chi connectivity index (χ3n) is 3.01. The lowest BCUT2D eigenvalue weighted by atomic mass is 10.1. The van der Waals surface area contributed by atoms with Gasteiger partial charge in [0.15, 0.2) is 0 Å². The fourth-order valence-corrected chi connectivity index (χ4v) is 2.17. The number of hydrogen-bond acceptors (Lipinski definition) is 3. The van der Waals surface area contributed by atoms with E-state index < -0.39 is 6.10 Å². The van der Waals surface area contributed by atoms with Crippen LogP contribution in [-0.2, 0) is 0 Å². The second-order valence-corrected chi connectivity index (χ2v) is 4.95. The van der Waals surface area contributed by atoms with Crippen LogP contribution in [0.15, 0.2) is 24.3 Å². The van der Waals surface area contributed by atoms with E-state index in [2.05, 4.69) is 10.3 Å². The van der Waals surface area contributed by atoms with Crippen LogP contribution in [0.2, 0.25) is 0 Å². The van der Waals surface area contributed by atoms with Gasteiger partial charge < -0.3 is 21.1 Å². The Morgan fingerprint density at radius 1 is 1.47 bits per heavy atom. The molecule has 0 aliphatic heterocycles. The fourth-order valence-electron chi connectivity index (χ4n) is 2.17. The van der Waals surface area contributed by atoms with Crippen LogP contribution in [0.3, 0.4) is 0 Å². The SMILES string of the molecule is CC(O)CC(C)NC(=O)c1cc2cccc(N)c2[nH]1. The molecule has 0 radical (unpaired) electrons. The first-order valence-electron chi connectivity index (χ1n) is 6.33. The number of nitrogens with one attached hydrogen (secondary N) is 2. The monoisotopic (exact) mass is 261 g/mol. The number of para-hydroxylation sites is 1. The minimum Gasteiger partial charge on any atom is -0.397 e. The lowest BCUT2D eigenvalue weighted by Gasteiger charge is -2.14. The van der Waals surface area contributed by atoms with Crippen LogP contribution in [0, 0.1) is 0 Å². The molecule has 0 bridgehead atoms. The average molecular weight is 261 g/mol. The van der Waals surface area contributed by atoms with Crippen molar-refractivity contribution in [3.8, 4) is 0 Å². The quantitative estimate of drug-likeness (QED) is 0.630. The van der Waals surface area contributed by atoms with Crippen molar-refractivity contribution in [2.24, 2.45) is 0 Å². The predicted molar refractivity (Wildman–Crippen MR) is 75.9 cm³/mol. The van der Waals surface area contributed by atoms with E-state index in [-0.39, 0.29) is 11.9 Å². The van der Waals surface area contributed by atoms with Crippen molar-refractivity contribution in [2.75, 3.05) is 5.73 Å². The number of hydrogen-bond donors (Lipinski definition) is 4. The summed E-state index contributed by atoms with van der Waals surface area (Å²) in [5.41, 5.74) is 7.71. The summed E-state index contributed by atoms with van der Waals surface area (Å²) in [6.45, 7) is 3.56. The first-order valence-corrected chi connectivity index (χ1v) is 6.33. The third kappa shape index (κ3) is 3.06. The Labute approximate surface area is 111 Å². The molecule has 5 N–H and O–H groups in total. The minimum absolute atomic E-state index is 0.0868. The number of aliphatic hydroxyl groups is 1. The van der Waals surface area contributed by atoms with E-state index in [1.165, 1.54) is 0 Å². The lowest BCUT2D eigenvalue weighted by molar-refractivity contribution is 0.0919. The van der Waals surface area contributed by atoms with Gasteiger partial charge in [0.25, 0.3) is 5.91 Å². The molecule has 2 unspecified atom stereocenters. The summed E-state index contributed by atoms with van der Waals surface area (Å²) in [4.78, 5) is 15.1. The summed E-state index contributed by atoms with van der Waals surface area (Å²) in [5.74, 6) is -0.191. The van der Waals surface area contributed by atoms with E-state index in [0.717, 1.165) is 10.9 Å². The topological polar surface area (TPSA) is 91.1 Å². The molecule has 0 aliphatic carbocycles. The molecule has 0 spiro atoms. The maximum atomic E-state index is 12.1. The molecular formula is C14H19N3O2. The van der Waals surface area contributed by atoms with Gasteiger partial charge in [-0.1, -0.05) is 12.1 Å². The number of benzene rings is 1. The van der Waals surface area contributed by atoms with Gasteiger partial charge in [0.2, 0.25) is 0 Å². The number of amides is 1. The molecule has 19 heavy (non-hydrogen) atoms. The van der Waals surface area contributed by atoms with Crippen molar-refractivity contribution in [3.05, 3.63) is 30.0 Å². The Hall–Kier alpha value is -2.01. The van der Waals surface area contributed by atoms with Gasteiger partial charge in [0, 0.05) is 11.4 Å². The number of H-pyrrole nitrogens is 1. The number of aromatic nitrogens is 1. The molecule has 2 aromatic rings. The molecule has 1 amide bonds. The highest BCUT2D eigenvalue weighted by atomic mass is 16.3. The highest BCUT2D eigenvalue weighted by molar-refractivity contribution is 6.00. The number of anilines is 1. The zero-order valence-electron chi connectivity index (χ0n) is 11.1. The Bertz CT molecular complexity index is 589. The molecule has 2 rings (SSSR count). The van der Waals surface area contributed by atoms with Crippen LogP contribution in [-0.4, -0.2) is 28.1 Å². The largest absolute Gasteiger partial charge is 0.397 e. The van der Waals surface area contributed by atoms with Gasteiger partial charge in [-0.05, 0) is 32.4 Å². The molecule has 102 valence electrons. The molecule has 0 fully saturated rings. The van der Waals surface area contributed by atoms with E-state index in [1.807, 2.05) is 19.1 Å². The van der Waals surface area contributed by atoms with Crippen LogP contribution in [0.1, 0.15) is 30.8 Å². The van der Waals surface area contributed by atoms with Gasteiger partial charge in [0.1, 0.15) is 5.69 Å². The third-order valence-corrected chi connectivity index (χ3v) is 3.01. The van der Waals surface area contributed by atoms with Crippen molar-refractivity contribution in [1.82, 2.24) is 10.3 Å². The van der Waals surface area contributed by atoms with E-state index in [9.17, 15) is 9.90 Å². The van der Waals surface area contributed by atoms with Crippen LogP contribution in [0.4, 0.5) is 5.69 Å². The number of fused-ring (bicyclic) bond motifs is 1. The summed E-state index contributed by atoms with van der Waals surface area (Å²) in [7, 11) is 0. The molecule has 5 nitrogen and oxygen atoms in total. The molecule has 2 atom stereocenters. The summed E-state index contributed by atoms with van der Waals surface area (Å²) in [5, 5.41) is 13.0. The van der Waals surface area contributed by atoms with Gasteiger partial charge >= 0.3 is 0 Å². The van der Waals surface area contributed by atoms with E-state index in [4.69, 9.17) is 5.73 Å². The molecule has 0 saturated heterocycles. The van der Waals surface area contributed by atoms with Crippen molar-refractivity contribution in [3.63, 3.8) is 0 Å². The molecule has 1 aromatic carbocycles. The number of carbonyl (C=O) groups is 1. The van der Waals surface area contributed by atoms with Crippen LogP contribution < -0.4 is 11.1 Å². The summed E-state index contributed by atoms with van der Waals surface area (Å²) in [6.07, 6.45) is 0.0855. The maximum Gasteiger partial charge on any atom is 0.267 e. The van der Waals surface area contributed by atoms with Crippen molar-refractivity contribution >= 4 is 22.5 Å². The zero-order valence-corrected chi connectivity index (χ0v) is 11.1. The van der Waals surface area contributed by atoms with Crippen molar-refractivity contribution in [2.45, 2.75) is 32.4 Å². The average Bonchev–Trinajstić information content (AvgIpc) is 2.73. The van der Waals surface area contributed by atoms with Crippen LogP contribution in [0.5, 0.6) is 0 Å². The standard InChI is InChI=1S/C14H19N3O2/c1-8(6-9(2)18)16-14(19)12-7-10-4-3-5-11(15)13(10)17-12/h3-5,7-9,17-18H,6,15H2,1-2H3,(H,16,19). The molecule has 0 aliphatic rings. The number of aliphatic hydroxyl groups excluding tert-OH is 1. The smallest absolute Gasteiger partial charge is 0.267 e. The van der Waals surface area contributed by atoms with Crippen molar-refractivity contribution in [1.29, 1.82) is 0 Å². The summed E-state index contributed by atoms with van der Waals surface area (Å²) in [6, 6.07) is 7.23. The normalized spacial score (nSPS) is 14.3. The molecule has 0 saturated carbocycles. The molecular weight excluding hydrogens is 242 g/mol. The molecule has 1 heterocycles. The first kappa shape index (κ1) is 13.4. The number of aromatic amines is 1. The van der Waals surface area contributed by atoms with Gasteiger partial charge in [-0.15, -0.1) is 0 Å². The summed E-state index contributed by atoms with van der Waals surface area (Å²) < 4.78 is 0. The van der Waals surface area contributed by atoms with E-state index in [0.29, 0.717) is 17.8 Å². The number of rotatable bonds is 4. The van der Waals surface area contributed by atoms with Crippen LogP contribution in [0.25, 0.3) is 10.9 Å². The van der Waals surface area contributed by atoms with Crippen LogP contribution >= 0.6 is 0 Å². The number of nitrogens with two attached hydrogens (primary N) is 1. The fraction of sp³-hybridized carbons (Fsp3) is 0.357. The molecule has 1 aromatic heterocycles. The number of carbonyl (C=O) groups excluding carboxylic acids is 1. The van der Waals surface area contributed by atoms with Crippen molar-refractivity contribution < 1.29 is 9.90 Å². The Morgan fingerprint density at radius 3 is 2.84 bits per heavy atom. The minimum atomic E-state index is -0.436. The highest BCUT2D eigenvalue weighted by Crippen LogP contribution is 2.21. The van der Waals surface area contributed by atoms with Gasteiger partial charge in [-0.2, -0.15) is 0 Å². The Morgan fingerprint density at radius 2 is 2.21 bits per heavy atom. The Balaban J connectivity index is 2.15. The predicted octanol–water partition coefficient (Wildman–Crippen LogP) is 1.64. The zero-order chi connectivity index (χ0) is 14.0. The lowest BCUT2D eigenvalue weighted by Crippen LogP contribution is -2.34. The maximum absolute atomic E-state index is 12.1. The number of nitrogen functional groups attached to an aromatic ring is 1. The van der Waals surface area contributed by atoms with E-state index in [1.54, 1.807) is 19.1 Å². The van der Waals surface area contributed by atoms with Gasteiger partial charge in [-0.3, -0.25) is 4.79 Å². The van der Waals surface area contributed by atoms with E-state index >= 15 is 0 Å². The van der Waals surface area contributed by atoms with Gasteiger partial charge in [0.05, 0.1) is 17.3 Å². The second kappa shape index (κ2) is 5.32. The first-order chi connectivity index (χ1) is 8.97. The summed E-state index contributed by atoms with van der Waals surface area (Å²) >= 11 is 0. The second-order valence-electron chi connectivity index (χ2n) is 4.95. The Kier molecular flexibility index (Phi) is 3.76. The highest BCUT2D eigenvalue weighted by Gasteiger charge is 2.14. The van der Waals surface area contributed by atoms with Gasteiger partial charge in [-0.25, -0.2) is 0 Å². The molecule has 5 heteroatoms.